The smallest absolute Gasteiger partial charge is 0.128 e. The zero-order valence-electron chi connectivity index (χ0n) is 12.6. The molecule has 0 saturated carbocycles. The van der Waals surface area contributed by atoms with Gasteiger partial charge in [0.1, 0.15) is 18.1 Å². The van der Waals surface area contributed by atoms with Crippen molar-refractivity contribution in [2.75, 3.05) is 20.3 Å². The molecule has 1 unspecified atom stereocenters. The van der Waals surface area contributed by atoms with Gasteiger partial charge in [-0.25, -0.2) is 0 Å². The van der Waals surface area contributed by atoms with E-state index in [1.165, 1.54) is 5.57 Å². The largest absolute Gasteiger partial charge is 0.497 e. The molecule has 3 nitrogen and oxygen atoms in total. The van der Waals surface area contributed by atoms with Crippen LogP contribution in [-0.4, -0.2) is 20.3 Å². The van der Waals surface area contributed by atoms with Gasteiger partial charge >= 0.3 is 0 Å². The van der Waals surface area contributed by atoms with Gasteiger partial charge in [0, 0.05) is 17.7 Å². The number of nitrogens with one attached hydrogen (secondary N) is 1. The fourth-order valence-electron chi connectivity index (χ4n) is 1.84. The van der Waals surface area contributed by atoms with Gasteiger partial charge in [0.05, 0.1) is 7.11 Å². The molecule has 0 radical (unpaired) electrons. The van der Waals surface area contributed by atoms with Crippen molar-refractivity contribution in [2.45, 2.75) is 33.7 Å². The Kier molecular flexibility index (Phi) is 6.43. The van der Waals surface area contributed by atoms with Crippen molar-refractivity contribution < 1.29 is 9.47 Å². The van der Waals surface area contributed by atoms with Crippen LogP contribution in [0.5, 0.6) is 11.5 Å². The lowest BCUT2D eigenvalue weighted by molar-refractivity contribution is 0.347. The Morgan fingerprint density at radius 3 is 2.68 bits per heavy atom. The first-order chi connectivity index (χ1) is 9.08. The number of benzene rings is 1. The summed E-state index contributed by atoms with van der Waals surface area (Å²) >= 11 is 0. The van der Waals surface area contributed by atoms with Gasteiger partial charge in [0.15, 0.2) is 0 Å². The van der Waals surface area contributed by atoms with Crippen LogP contribution in [0.15, 0.2) is 29.8 Å². The molecule has 0 aromatic heterocycles. The summed E-state index contributed by atoms with van der Waals surface area (Å²) in [7, 11) is 1.67. The van der Waals surface area contributed by atoms with Gasteiger partial charge in [-0.1, -0.05) is 18.6 Å². The van der Waals surface area contributed by atoms with E-state index in [9.17, 15) is 0 Å². The monoisotopic (exact) mass is 263 g/mol. The molecule has 0 aliphatic rings. The van der Waals surface area contributed by atoms with Crippen molar-refractivity contribution in [1.29, 1.82) is 0 Å². The van der Waals surface area contributed by atoms with Crippen molar-refractivity contribution in [1.82, 2.24) is 5.32 Å². The summed E-state index contributed by atoms with van der Waals surface area (Å²) in [6, 6.07) is 6.24. The van der Waals surface area contributed by atoms with Crippen LogP contribution in [-0.2, 0) is 0 Å². The highest BCUT2D eigenvalue weighted by Crippen LogP contribution is 2.29. The zero-order valence-corrected chi connectivity index (χ0v) is 12.6. The maximum atomic E-state index is 5.86. The van der Waals surface area contributed by atoms with Crippen LogP contribution in [0.25, 0.3) is 0 Å². The molecule has 3 heteroatoms. The third-order valence-corrected chi connectivity index (χ3v) is 2.93. The van der Waals surface area contributed by atoms with Crippen LogP contribution in [0.3, 0.4) is 0 Å². The molecule has 1 atom stereocenters. The Labute approximate surface area is 116 Å². The summed E-state index contributed by atoms with van der Waals surface area (Å²) in [5.74, 6) is 1.70. The Balaban J connectivity index is 2.92. The molecule has 0 saturated heterocycles. The van der Waals surface area contributed by atoms with Crippen molar-refractivity contribution in [3.05, 3.63) is 35.4 Å². The van der Waals surface area contributed by atoms with Crippen LogP contribution in [0, 0.1) is 0 Å². The molecule has 1 N–H and O–H groups in total. The summed E-state index contributed by atoms with van der Waals surface area (Å²) < 4.78 is 11.1. The number of allylic oxidation sites excluding steroid dienone is 1. The van der Waals surface area contributed by atoms with E-state index in [4.69, 9.17) is 9.47 Å². The Morgan fingerprint density at radius 2 is 2.11 bits per heavy atom. The minimum Gasteiger partial charge on any atom is -0.497 e. The highest BCUT2D eigenvalue weighted by molar-refractivity contribution is 5.42. The first-order valence-corrected chi connectivity index (χ1v) is 6.76. The second-order valence-electron chi connectivity index (χ2n) is 4.78. The van der Waals surface area contributed by atoms with Crippen molar-refractivity contribution in [3.63, 3.8) is 0 Å². The first kappa shape index (κ1) is 15.6. The quantitative estimate of drug-likeness (QED) is 0.761. The minimum atomic E-state index is 0.262. The predicted octanol–water partition coefficient (Wildman–Crippen LogP) is 3.71. The number of ether oxygens (including phenoxy) is 2. The van der Waals surface area contributed by atoms with E-state index in [0.717, 1.165) is 23.6 Å². The minimum absolute atomic E-state index is 0.262. The molecule has 19 heavy (non-hydrogen) atoms. The molecular weight excluding hydrogens is 238 g/mol. The van der Waals surface area contributed by atoms with Crippen molar-refractivity contribution >= 4 is 0 Å². The Bertz CT molecular complexity index is 423. The molecule has 0 aliphatic carbocycles. The molecule has 0 heterocycles. The van der Waals surface area contributed by atoms with Crippen LogP contribution in [0.1, 0.15) is 39.3 Å². The van der Waals surface area contributed by atoms with Crippen LogP contribution in [0.2, 0.25) is 0 Å². The van der Waals surface area contributed by atoms with Crippen LogP contribution >= 0.6 is 0 Å². The molecule has 0 bridgehead atoms. The number of hydrogen-bond acceptors (Lipinski definition) is 3. The molecule has 1 rings (SSSR count). The average molecular weight is 263 g/mol. The van der Waals surface area contributed by atoms with Gasteiger partial charge in [-0.05, 0) is 39.5 Å². The van der Waals surface area contributed by atoms with Crippen molar-refractivity contribution in [2.24, 2.45) is 0 Å². The van der Waals surface area contributed by atoms with Gasteiger partial charge < -0.3 is 14.8 Å². The summed E-state index contributed by atoms with van der Waals surface area (Å²) in [5.41, 5.74) is 2.41. The summed E-state index contributed by atoms with van der Waals surface area (Å²) in [6.07, 6.45) is 2.07. The van der Waals surface area contributed by atoms with Gasteiger partial charge in [-0.2, -0.15) is 0 Å². The average Bonchev–Trinajstić information content (AvgIpc) is 2.38. The lowest BCUT2D eigenvalue weighted by atomic mass is 10.1. The molecular formula is C16H25NO2. The number of hydrogen-bond donors (Lipinski definition) is 1. The third-order valence-electron chi connectivity index (χ3n) is 2.93. The highest BCUT2D eigenvalue weighted by atomic mass is 16.5. The summed E-state index contributed by atoms with van der Waals surface area (Å²) in [4.78, 5) is 0. The fraction of sp³-hybridized carbons (Fsp3) is 0.500. The Hall–Kier alpha value is -1.48. The molecule has 106 valence electrons. The lowest BCUT2D eigenvalue weighted by Gasteiger charge is -2.18. The maximum Gasteiger partial charge on any atom is 0.128 e. The van der Waals surface area contributed by atoms with Crippen LogP contribution < -0.4 is 14.8 Å². The van der Waals surface area contributed by atoms with E-state index in [1.54, 1.807) is 7.11 Å². The maximum absolute atomic E-state index is 5.86. The number of rotatable bonds is 7. The van der Waals surface area contributed by atoms with Crippen LogP contribution in [0.4, 0.5) is 0 Å². The van der Waals surface area contributed by atoms with E-state index in [2.05, 4.69) is 45.2 Å². The number of methoxy groups -OCH3 is 1. The molecule has 0 fully saturated rings. The fourth-order valence-corrected chi connectivity index (χ4v) is 1.84. The van der Waals surface area contributed by atoms with Gasteiger partial charge in [0.2, 0.25) is 0 Å². The van der Waals surface area contributed by atoms with Gasteiger partial charge in [-0.3, -0.25) is 0 Å². The van der Waals surface area contributed by atoms with Gasteiger partial charge in [-0.15, -0.1) is 0 Å². The zero-order chi connectivity index (χ0) is 14.3. The van der Waals surface area contributed by atoms with E-state index >= 15 is 0 Å². The van der Waals surface area contributed by atoms with E-state index in [-0.39, 0.29) is 6.04 Å². The van der Waals surface area contributed by atoms with E-state index in [0.29, 0.717) is 6.61 Å². The second kappa shape index (κ2) is 7.85. The molecule has 0 amide bonds. The van der Waals surface area contributed by atoms with Crippen molar-refractivity contribution in [3.8, 4) is 11.5 Å². The van der Waals surface area contributed by atoms with Gasteiger partial charge in [0.25, 0.3) is 0 Å². The molecule has 0 aliphatic heterocycles. The lowest BCUT2D eigenvalue weighted by Crippen LogP contribution is -2.18. The normalized spacial score (nSPS) is 11.8. The topological polar surface area (TPSA) is 30.5 Å². The SMILES string of the molecule is CCNC(C)c1ccc(OC)cc1OCC=C(C)C. The standard InChI is InChI=1S/C16H25NO2/c1-6-17-13(4)15-8-7-14(18-5)11-16(15)19-10-9-12(2)3/h7-9,11,13,17H,6,10H2,1-5H3. The molecule has 1 aromatic rings. The Morgan fingerprint density at radius 1 is 1.37 bits per heavy atom. The summed E-state index contributed by atoms with van der Waals surface area (Å²) in [5, 5.41) is 3.40. The highest BCUT2D eigenvalue weighted by Gasteiger charge is 2.11. The predicted molar refractivity (Wildman–Crippen MR) is 80.0 cm³/mol. The molecule has 1 aromatic carbocycles. The summed E-state index contributed by atoms with van der Waals surface area (Å²) in [6.45, 7) is 9.89. The molecule has 0 spiro atoms. The van der Waals surface area contributed by atoms with E-state index < -0.39 is 0 Å². The third kappa shape index (κ3) is 4.95. The first-order valence-electron chi connectivity index (χ1n) is 6.76. The second-order valence-corrected chi connectivity index (χ2v) is 4.78. The van der Waals surface area contributed by atoms with E-state index in [1.807, 2.05) is 12.1 Å².